The number of nitro benzene ring substituents is 1. The molecule has 0 aliphatic heterocycles. The molecule has 1 heterocycles. The van der Waals surface area contributed by atoms with E-state index >= 15 is 0 Å². The molecular weight excluding hydrogens is 250 g/mol. The van der Waals surface area contributed by atoms with Crippen LogP contribution in [0.4, 0.5) is 11.4 Å². The minimum Gasteiger partial charge on any atom is -0.393 e. The quantitative estimate of drug-likeness (QED) is 0.491. The predicted octanol–water partition coefficient (Wildman–Crippen LogP) is 1.08. The summed E-state index contributed by atoms with van der Waals surface area (Å²) in [6.07, 6.45) is 1.55. The summed E-state index contributed by atoms with van der Waals surface area (Å²) >= 11 is 0. The van der Waals surface area contributed by atoms with Crippen LogP contribution < -0.4 is 5.73 Å². The number of ether oxygens (including phenoxy) is 1. The normalized spacial score (nSPS) is 10.6. The molecule has 1 aromatic carbocycles. The Labute approximate surface area is 109 Å². The fourth-order valence-electron chi connectivity index (χ4n) is 1.67. The van der Waals surface area contributed by atoms with E-state index in [1.54, 1.807) is 24.1 Å². The summed E-state index contributed by atoms with van der Waals surface area (Å²) < 4.78 is 6.75. The summed E-state index contributed by atoms with van der Waals surface area (Å²) in [7, 11) is 1.60. The van der Waals surface area contributed by atoms with Crippen LogP contribution in [-0.4, -0.2) is 33.4 Å². The van der Waals surface area contributed by atoms with E-state index in [2.05, 4.69) is 10.2 Å². The van der Waals surface area contributed by atoms with Gasteiger partial charge in [-0.05, 0) is 12.1 Å². The molecule has 8 heteroatoms. The van der Waals surface area contributed by atoms with E-state index in [0.717, 1.165) is 0 Å². The molecule has 0 amide bonds. The Bertz CT molecular complexity index is 596. The standard InChI is InChI=1S/C11H13N5O3/c1-19-5-4-15-7-13-14-11(15)8-2-3-9(12)10(6-8)16(17)18/h2-3,6-7H,4-5,12H2,1H3. The van der Waals surface area contributed by atoms with E-state index in [1.165, 1.54) is 12.1 Å². The SMILES string of the molecule is COCCn1cnnc1-c1ccc(N)c([N+](=O)[O-])c1. The van der Waals surface area contributed by atoms with Gasteiger partial charge in [-0.3, -0.25) is 10.1 Å². The van der Waals surface area contributed by atoms with Crippen LogP contribution in [0, 0.1) is 10.1 Å². The smallest absolute Gasteiger partial charge is 0.292 e. The van der Waals surface area contributed by atoms with Crippen molar-refractivity contribution >= 4 is 11.4 Å². The molecule has 2 N–H and O–H groups in total. The van der Waals surface area contributed by atoms with Crippen molar-refractivity contribution in [3.8, 4) is 11.4 Å². The lowest BCUT2D eigenvalue weighted by atomic mass is 10.1. The number of anilines is 1. The van der Waals surface area contributed by atoms with E-state index in [0.29, 0.717) is 24.5 Å². The lowest BCUT2D eigenvalue weighted by Gasteiger charge is -2.06. The number of nitro groups is 1. The zero-order valence-corrected chi connectivity index (χ0v) is 10.3. The van der Waals surface area contributed by atoms with Gasteiger partial charge in [-0.1, -0.05) is 0 Å². The highest BCUT2D eigenvalue weighted by Gasteiger charge is 2.15. The largest absolute Gasteiger partial charge is 0.393 e. The first kappa shape index (κ1) is 13.0. The van der Waals surface area contributed by atoms with Crippen molar-refractivity contribution in [3.05, 3.63) is 34.6 Å². The minimum absolute atomic E-state index is 0.122. The van der Waals surface area contributed by atoms with Gasteiger partial charge in [0.15, 0.2) is 5.82 Å². The van der Waals surface area contributed by atoms with Crippen LogP contribution in [0.2, 0.25) is 0 Å². The van der Waals surface area contributed by atoms with E-state index < -0.39 is 4.92 Å². The molecule has 0 bridgehead atoms. The van der Waals surface area contributed by atoms with Gasteiger partial charge in [0, 0.05) is 25.3 Å². The summed E-state index contributed by atoms with van der Waals surface area (Å²) in [5.74, 6) is 0.542. The number of hydrogen-bond donors (Lipinski definition) is 1. The second kappa shape index (κ2) is 5.44. The van der Waals surface area contributed by atoms with Crippen molar-refractivity contribution in [1.82, 2.24) is 14.8 Å². The van der Waals surface area contributed by atoms with Crippen molar-refractivity contribution < 1.29 is 9.66 Å². The Morgan fingerprint density at radius 3 is 3.00 bits per heavy atom. The van der Waals surface area contributed by atoms with Gasteiger partial charge in [0.1, 0.15) is 12.0 Å². The third-order valence-electron chi connectivity index (χ3n) is 2.64. The second-order valence-electron chi connectivity index (χ2n) is 3.87. The minimum atomic E-state index is -0.519. The third kappa shape index (κ3) is 2.68. The van der Waals surface area contributed by atoms with Crippen molar-refractivity contribution in [2.75, 3.05) is 19.5 Å². The van der Waals surface area contributed by atoms with Gasteiger partial charge in [-0.15, -0.1) is 10.2 Å². The molecular formula is C11H13N5O3. The summed E-state index contributed by atoms with van der Waals surface area (Å²) in [5.41, 5.74) is 6.13. The van der Waals surface area contributed by atoms with Gasteiger partial charge >= 0.3 is 0 Å². The molecule has 0 saturated carbocycles. The number of nitrogens with two attached hydrogens (primary N) is 1. The maximum Gasteiger partial charge on any atom is 0.292 e. The number of methoxy groups -OCH3 is 1. The Morgan fingerprint density at radius 1 is 1.53 bits per heavy atom. The molecule has 2 rings (SSSR count). The van der Waals surface area contributed by atoms with Gasteiger partial charge in [0.2, 0.25) is 0 Å². The lowest BCUT2D eigenvalue weighted by molar-refractivity contribution is -0.383. The molecule has 0 saturated heterocycles. The molecule has 0 radical (unpaired) electrons. The maximum atomic E-state index is 10.9. The van der Waals surface area contributed by atoms with Crippen LogP contribution in [0.5, 0.6) is 0 Å². The summed E-state index contributed by atoms with van der Waals surface area (Å²) in [6.45, 7) is 1.07. The molecule has 0 fully saturated rings. The van der Waals surface area contributed by atoms with Crippen molar-refractivity contribution in [3.63, 3.8) is 0 Å². The first-order chi connectivity index (χ1) is 9.13. The monoisotopic (exact) mass is 263 g/mol. The van der Waals surface area contributed by atoms with Gasteiger partial charge in [-0.25, -0.2) is 0 Å². The highest BCUT2D eigenvalue weighted by Crippen LogP contribution is 2.27. The van der Waals surface area contributed by atoms with Crippen molar-refractivity contribution in [1.29, 1.82) is 0 Å². The van der Waals surface area contributed by atoms with E-state index in [9.17, 15) is 10.1 Å². The zero-order chi connectivity index (χ0) is 13.8. The third-order valence-corrected chi connectivity index (χ3v) is 2.64. The molecule has 0 atom stereocenters. The van der Waals surface area contributed by atoms with Crippen LogP contribution in [0.3, 0.4) is 0 Å². The van der Waals surface area contributed by atoms with E-state index in [-0.39, 0.29) is 11.4 Å². The number of aromatic nitrogens is 3. The molecule has 100 valence electrons. The highest BCUT2D eigenvalue weighted by atomic mass is 16.6. The Balaban J connectivity index is 2.39. The van der Waals surface area contributed by atoms with Crippen LogP contribution in [0.1, 0.15) is 0 Å². The highest BCUT2D eigenvalue weighted by molar-refractivity contribution is 5.68. The number of rotatable bonds is 5. The van der Waals surface area contributed by atoms with Crippen molar-refractivity contribution in [2.45, 2.75) is 6.54 Å². The van der Waals surface area contributed by atoms with Gasteiger partial charge < -0.3 is 15.0 Å². The molecule has 8 nitrogen and oxygen atoms in total. The molecule has 1 aromatic heterocycles. The van der Waals surface area contributed by atoms with E-state index in [4.69, 9.17) is 10.5 Å². The molecule has 0 spiro atoms. The second-order valence-corrected chi connectivity index (χ2v) is 3.87. The Hall–Kier alpha value is -2.48. The summed E-state index contributed by atoms with van der Waals surface area (Å²) in [6, 6.07) is 4.56. The maximum absolute atomic E-state index is 10.9. The van der Waals surface area contributed by atoms with Crippen LogP contribution in [-0.2, 0) is 11.3 Å². The number of hydrogen-bond acceptors (Lipinski definition) is 6. The number of benzene rings is 1. The van der Waals surface area contributed by atoms with Crippen LogP contribution >= 0.6 is 0 Å². The molecule has 19 heavy (non-hydrogen) atoms. The van der Waals surface area contributed by atoms with E-state index in [1.807, 2.05) is 0 Å². The van der Waals surface area contributed by atoms with Crippen LogP contribution in [0.25, 0.3) is 11.4 Å². The fraction of sp³-hybridized carbons (Fsp3) is 0.273. The Kier molecular flexibility index (Phi) is 3.71. The molecule has 0 unspecified atom stereocenters. The summed E-state index contributed by atoms with van der Waals surface area (Å²) in [4.78, 5) is 10.3. The average Bonchev–Trinajstić information content (AvgIpc) is 2.85. The molecule has 0 aliphatic carbocycles. The fourth-order valence-corrected chi connectivity index (χ4v) is 1.67. The predicted molar refractivity (Wildman–Crippen MR) is 68.4 cm³/mol. The molecule has 2 aromatic rings. The summed E-state index contributed by atoms with van der Waals surface area (Å²) in [5, 5.41) is 18.6. The number of nitrogens with zero attached hydrogens (tertiary/aromatic N) is 4. The van der Waals surface area contributed by atoms with Crippen LogP contribution in [0.15, 0.2) is 24.5 Å². The first-order valence-electron chi connectivity index (χ1n) is 5.54. The van der Waals surface area contributed by atoms with Crippen molar-refractivity contribution in [2.24, 2.45) is 0 Å². The average molecular weight is 263 g/mol. The van der Waals surface area contributed by atoms with Gasteiger partial charge in [0.25, 0.3) is 5.69 Å². The lowest BCUT2D eigenvalue weighted by Crippen LogP contribution is -2.05. The zero-order valence-electron chi connectivity index (χ0n) is 10.3. The van der Waals surface area contributed by atoms with Gasteiger partial charge in [-0.2, -0.15) is 0 Å². The first-order valence-corrected chi connectivity index (χ1v) is 5.54. The topological polar surface area (TPSA) is 109 Å². The number of nitrogen functional groups attached to an aromatic ring is 1. The Morgan fingerprint density at radius 2 is 2.32 bits per heavy atom. The van der Waals surface area contributed by atoms with Gasteiger partial charge in [0.05, 0.1) is 11.5 Å². The molecule has 0 aliphatic rings.